The van der Waals surface area contributed by atoms with Crippen LogP contribution in [0, 0.1) is 22.7 Å². The predicted molar refractivity (Wildman–Crippen MR) is 53.5 cm³/mol. The summed E-state index contributed by atoms with van der Waals surface area (Å²) in [6, 6.07) is 7.31. The molecule has 5 nitrogen and oxygen atoms in total. The molecule has 76 valence electrons. The standard InChI is InChI=1S/C9H8ClN5/c10-9-2-1-8(13-14-9)7-15(5-3-11)6-4-12/h1-2H,5-7H2. The van der Waals surface area contributed by atoms with Crippen LogP contribution >= 0.6 is 11.6 Å². The van der Waals surface area contributed by atoms with E-state index in [2.05, 4.69) is 10.2 Å². The van der Waals surface area contributed by atoms with E-state index < -0.39 is 0 Å². The Morgan fingerprint density at radius 3 is 2.33 bits per heavy atom. The number of halogens is 1. The van der Waals surface area contributed by atoms with Crippen LogP contribution in [0.3, 0.4) is 0 Å². The normalized spacial score (nSPS) is 9.60. The Morgan fingerprint density at radius 1 is 1.20 bits per heavy atom. The summed E-state index contributed by atoms with van der Waals surface area (Å²) in [6.45, 7) is 0.807. The third-order valence-electron chi connectivity index (χ3n) is 1.66. The molecule has 1 heterocycles. The van der Waals surface area contributed by atoms with Crippen molar-refractivity contribution in [1.29, 1.82) is 10.5 Å². The van der Waals surface area contributed by atoms with Crippen LogP contribution < -0.4 is 0 Å². The van der Waals surface area contributed by atoms with Crippen molar-refractivity contribution in [1.82, 2.24) is 15.1 Å². The van der Waals surface area contributed by atoms with Crippen LogP contribution in [0.4, 0.5) is 0 Å². The second kappa shape index (κ2) is 5.92. The smallest absolute Gasteiger partial charge is 0.151 e. The van der Waals surface area contributed by atoms with Crippen molar-refractivity contribution >= 4 is 11.6 Å². The Hall–Kier alpha value is -1.69. The minimum Gasteiger partial charge on any atom is -0.271 e. The van der Waals surface area contributed by atoms with Gasteiger partial charge in [-0.05, 0) is 12.1 Å². The van der Waals surface area contributed by atoms with Gasteiger partial charge in [0.15, 0.2) is 5.15 Å². The highest BCUT2D eigenvalue weighted by Gasteiger charge is 2.05. The van der Waals surface area contributed by atoms with Crippen LogP contribution in [0.15, 0.2) is 12.1 Å². The first-order valence-electron chi connectivity index (χ1n) is 4.20. The maximum atomic E-state index is 8.53. The molecule has 1 rings (SSSR count). The third-order valence-corrected chi connectivity index (χ3v) is 1.86. The van der Waals surface area contributed by atoms with Crippen molar-refractivity contribution in [2.45, 2.75) is 6.54 Å². The highest BCUT2D eigenvalue weighted by Crippen LogP contribution is 2.04. The summed E-state index contributed by atoms with van der Waals surface area (Å²) >= 11 is 5.58. The molecule has 0 atom stereocenters. The van der Waals surface area contributed by atoms with Crippen LogP contribution in [-0.4, -0.2) is 28.2 Å². The number of hydrogen-bond donors (Lipinski definition) is 0. The highest BCUT2D eigenvalue weighted by atomic mass is 35.5. The number of nitriles is 2. The molecule has 0 aliphatic rings. The maximum Gasteiger partial charge on any atom is 0.151 e. The fourth-order valence-corrected chi connectivity index (χ4v) is 1.13. The molecule has 0 bridgehead atoms. The number of hydrogen-bond acceptors (Lipinski definition) is 5. The fourth-order valence-electron chi connectivity index (χ4n) is 1.02. The third kappa shape index (κ3) is 3.90. The van der Waals surface area contributed by atoms with Gasteiger partial charge >= 0.3 is 0 Å². The van der Waals surface area contributed by atoms with Gasteiger partial charge in [0.2, 0.25) is 0 Å². The summed E-state index contributed by atoms with van der Waals surface area (Å²) in [4.78, 5) is 1.66. The SMILES string of the molecule is N#CCN(CC#N)Cc1ccc(Cl)nn1. The number of nitrogens with zero attached hydrogens (tertiary/aromatic N) is 5. The van der Waals surface area contributed by atoms with Crippen LogP contribution in [0.5, 0.6) is 0 Å². The van der Waals surface area contributed by atoms with Gasteiger partial charge in [0, 0.05) is 6.54 Å². The molecule has 0 saturated carbocycles. The minimum atomic E-state index is 0.192. The van der Waals surface area contributed by atoms with Gasteiger partial charge in [-0.2, -0.15) is 15.6 Å². The van der Waals surface area contributed by atoms with Crippen molar-refractivity contribution in [3.05, 3.63) is 23.0 Å². The van der Waals surface area contributed by atoms with Gasteiger partial charge in [-0.25, -0.2) is 0 Å². The molecule has 6 heteroatoms. The monoisotopic (exact) mass is 221 g/mol. The Labute approximate surface area is 92.5 Å². The second-order valence-electron chi connectivity index (χ2n) is 2.81. The first kappa shape index (κ1) is 11.4. The Kier molecular flexibility index (Phi) is 4.49. The Bertz CT molecular complexity index is 372. The van der Waals surface area contributed by atoms with Crippen LogP contribution in [0.2, 0.25) is 5.15 Å². The summed E-state index contributed by atoms with van der Waals surface area (Å²) in [5.74, 6) is 0. The van der Waals surface area contributed by atoms with Crippen LogP contribution in [0.1, 0.15) is 5.69 Å². The number of aromatic nitrogens is 2. The van der Waals surface area contributed by atoms with Gasteiger partial charge in [0.05, 0.1) is 30.9 Å². The predicted octanol–water partition coefficient (Wildman–Crippen LogP) is 0.979. The first-order chi connectivity index (χ1) is 7.26. The molecule has 0 aliphatic carbocycles. The van der Waals surface area contributed by atoms with Gasteiger partial charge < -0.3 is 0 Å². The summed E-state index contributed by atoms with van der Waals surface area (Å²) in [7, 11) is 0. The fraction of sp³-hybridized carbons (Fsp3) is 0.333. The largest absolute Gasteiger partial charge is 0.271 e. The summed E-state index contributed by atoms with van der Waals surface area (Å²) in [5, 5.41) is 24.9. The van der Waals surface area contributed by atoms with Crippen molar-refractivity contribution in [3.63, 3.8) is 0 Å². The van der Waals surface area contributed by atoms with E-state index in [1.165, 1.54) is 0 Å². The molecule has 0 saturated heterocycles. The lowest BCUT2D eigenvalue weighted by molar-refractivity contribution is 0.329. The molecule has 0 aliphatic heterocycles. The molecule has 15 heavy (non-hydrogen) atoms. The van der Waals surface area contributed by atoms with Gasteiger partial charge in [-0.3, -0.25) is 4.90 Å². The zero-order valence-corrected chi connectivity index (χ0v) is 8.65. The van der Waals surface area contributed by atoms with Crippen LogP contribution in [-0.2, 0) is 6.54 Å². The molecule has 0 aromatic carbocycles. The van der Waals surface area contributed by atoms with E-state index in [1.54, 1.807) is 17.0 Å². The van der Waals surface area contributed by atoms with Crippen molar-refractivity contribution in [2.75, 3.05) is 13.1 Å². The van der Waals surface area contributed by atoms with E-state index in [0.717, 1.165) is 0 Å². The van der Waals surface area contributed by atoms with Crippen molar-refractivity contribution in [3.8, 4) is 12.1 Å². The molecule has 0 unspecified atom stereocenters. The van der Waals surface area contributed by atoms with E-state index in [1.807, 2.05) is 12.1 Å². The Balaban J connectivity index is 2.62. The summed E-state index contributed by atoms with van der Waals surface area (Å²) in [5.41, 5.74) is 0.685. The molecule has 0 N–H and O–H groups in total. The van der Waals surface area contributed by atoms with E-state index in [4.69, 9.17) is 22.1 Å². The molecule has 0 amide bonds. The van der Waals surface area contributed by atoms with E-state index in [0.29, 0.717) is 17.4 Å². The second-order valence-corrected chi connectivity index (χ2v) is 3.20. The topological polar surface area (TPSA) is 76.6 Å². The summed E-state index contributed by atoms with van der Waals surface area (Å²) in [6.07, 6.45) is 0. The molecule has 0 radical (unpaired) electrons. The Morgan fingerprint density at radius 2 is 1.87 bits per heavy atom. The van der Waals surface area contributed by atoms with Crippen molar-refractivity contribution < 1.29 is 0 Å². The zero-order valence-electron chi connectivity index (χ0n) is 7.89. The molecular formula is C9H8ClN5. The number of rotatable bonds is 4. The lowest BCUT2D eigenvalue weighted by Crippen LogP contribution is -2.24. The highest BCUT2D eigenvalue weighted by molar-refractivity contribution is 6.29. The van der Waals surface area contributed by atoms with Crippen LogP contribution in [0.25, 0.3) is 0 Å². The summed E-state index contributed by atoms with van der Waals surface area (Å²) < 4.78 is 0. The van der Waals surface area contributed by atoms with E-state index in [-0.39, 0.29) is 13.1 Å². The lowest BCUT2D eigenvalue weighted by Gasteiger charge is -2.13. The van der Waals surface area contributed by atoms with Gasteiger partial charge in [0.1, 0.15) is 0 Å². The quantitative estimate of drug-likeness (QED) is 0.709. The van der Waals surface area contributed by atoms with E-state index in [9.17, 15) is 0 Å². The van der Waals surface area contributed by atoms with Gasteiger partial charge in [-0.15, -0.1) is 5.10 Å². The molecule has 1 aromatic rings. The molecular weight excluding hydrogens is 214 g/mol. The first-order valence-corrected chi connectivity index (χ1v) is 4.58. The van der Waals surface area contributed by atoms with E-state index >= 15 is 0 Å². The lowest BCUT2D eigenvalue weighted by atomic mass is 10.3. The molecule has 0 spiro atoms. The minimum absolute atomic E-state index is 0.192. The molecule has 0 fully saturated rings. The maximum absolute atomic E-state index is 8.53. The van der Waals surface area contributed by atoms with Crippen molar-refractivity contribution in [2.24, 2.45) is 0 Å². The van der Waals surface area contributed by atoms with Gasteiger partial charge in [0.25, 0.3) is 0 Å². The average molecular weight is 222 g/mol. The van der Waals surface area contributed by atoms with Gasteiger partial charge in [-0.1, -0.05) is 11.6 Å². The zero-order chi connectivity index (χ0) is 11.1. The molecule has 1 aromatic heterocycles. The average Bonchev–Trinajstić information content (AvgIpc) is 2.22.